The van der Waals surface area contributed by atoms with E-state index in [1.807, 2.05) is 0 Å². The molecule has 2 atom stereocenters. The molecular formula is C15H23ClN2O2. The first kappa shape index (κ1) is 15.6. The van der Waals surface area contributed by atoms with E-state index in [0.29, 0.717) is 24.1 Å². The minimum atomic E-state index is -0.496. The monoisotopic (exact) mass is 298 g/mol. The maximum Gasteiger partial charge on any atom is 0.119 e. The maximum atomic E-state index is 9.87. The lowest BCUT2D eigenvalue weighted by Crippen LogP contribution is -2.34. The summed E-state index contributed by atoms with van der Waals surface area (Å²) in [6.45, 7) is 4.13. The van der Waals surface area contributed by atoms with Crippen LogP contribution in [0.1, 0.15) is 6.42 Å². The number of rotatable bonds is 7. The molecule has 1 fully saturated rings. The van der Waals surface area contributed by atoms with Crippen molar-refractivity contribution in [2.45, 2.75) is 12.5 Å². The zero-order valence-electron chi connectivity index (χ0n) is 11.9. The Kier molecular flexibility index (Phi) is 6.10. The Morgan fingerprint density at radius 2 is 2.20 bits per heavy atom. The van der Waals surface area contributed by atoms with Crippen molar-refractivity contribution in [3.8, 4) is 5.75 Å². The molecule has 20 heavy (non-hydrogen) atoms. The molecule has 1 aliphatic heterocycles. The van der Waals surface area contributed by atoms with Gasteiger partial charge in [-0.25, -0.2) is 0 Å². The number of nitrogens with zero attached hydrogens (tertiary/aromatic N) is 1. The fourth-order valence-corrected chi connectivity index (χ4v) is 2.56. The number of nitrogens with one attached hydrogen (secondary N) is 1. The van der Waals surface area contributed by atoms with Gasteiger partial charge in [-0.1, -0.05) is 11.6 Å². The first-order chi connectivity index (χ1) is 9.63. The second kappa shape index (κ2) is 7.84. The van der Waals surface area contributed by atoms with Crippen molar-refractivity contribution in [2.24, 2.45) is 5.92 Å². The first-order valence-electron chi connectivity index (χ1n) is 7.09. The van der Waals surface area contributed by atoms with Gasteiger partial charge in [-0.05, 0) is 56.7 Å². The van der Waals surface area contributed by atoms with Gasteiger partial charge in [0.1, 0.15) is 18.5 Å². The fourth-order valence-electron chi connectivity index (χ4n) is 2.43. The summed E-state index contributed by atoms with van der Waals surface area (Å²) in [5.41, 5.74) is 0. The van der Waals surface area contributed by atoms with E-state index in [-0.39, 0.29) is 0 Å². The molecule has 4 nitrogen and oxygen atoms in total. The molecule has 0 spiro atoms. The topological polar surface area (TPSA) is 44.7 Å². The van der Waals surface area contributed by atoms with Crippen LogP contribution < -0.4 is 10.1 Å². The molecule has 5 heteroatoms. The van der Waals surface area contributed by atoms with Crippen molar-refractivity contribution in [3.05, 3.63) is 29.3 Å². The molecule has 2 rings (SSSR count). The second-order valence-electron chi connectivity index (χ2n) is 5.49. The van der Waals surface area contributed by atoms with Gasteiger partial charge in [-0.2, -0.15) is 0 Å². The normalized spacial score (nSPS) is 21.1. The Hall–Kier alpha value is -0.810. The summed E-state index contributed by atoms with van der Waals surface area (Å²) in [7, 11) is 2.15. The third-order valence-electron chi connectivity index (χ3n) is 3.56. The summed E-state index contributed by atoms with van der Waals surface area (Å²) < 4.78 is 5.51. The number of aliphatic hydroxyl groups is 1. The predicted molar refractivity (Wildman–Crippen MR) is 81.4 cm³/mol. The van der Waals surface area contributed by atoms with Crippen molar-refractivity contribution in [2.75, 3.05) is 39.8 Å². The zero-order chi connectivity index (χ0) is 14.4. The first-order valence-corrected chi connectivity index (χ1v) is 7.47. The summed E-state index contributed by atoms with van der Waals surface area (Å²) in [5, 5.41) is 13.9. The van der Waals surface area contributed by atoms with Gasteiger partial charge in [0.15, 0.2) is 0 Å². The fraction of sp³-hybridized carbons (Fsp3) is 0.600. The van der Waals surface area contributed by atoms with Crippen molar-refractivity contribution in [3.63, 3.8) is 0 Å². The molecule has 1 aromatic rings. The van der Waals surface area contributed by atoms with Crippen LogP contribution in [0.15, 0.2) is 24.3 Å². The lowest BCUT2D eigenvalue weighted by Gasteiger charge is -2.15. The molecule has 2 N–H and O–H groups in total. The lowest BCUT2D eigenvalue weighted by atomic mass is 10.1. The molecular weight excluding hydrogens is 276 g/mol. The van der Waals surface area contributed by atoms with E-state index in [1.165, 1.54) is 13.0 Å². The molecule has 1 heterocycles. The van der Waals surface area contributed by atoms with Gasteiger partial charge in [0.05, 0.1) is 0 Å². The molecule has 0 saturated carbocycles. The van der Waals surface area contributed by atoms with Crippen LogP contribution in [0, 0.1) is 5.92 Å². The number of aliphatic hydroxyl groups excluding tert-OH is 1. The van der Waals surface area contributed by atoms with Gasteiger partial charge in [0, 0.05) is 18.1 Å². The van der Waals surface area contributed by atoms with Crippen molar-refractivity contribution in [1.82, 2.24) is 10.2 Å². The lowest BCUT2D eigenvalue weighted by molar-refractivity contribution is 0.105. The molecule has 1 aromatic carbocycles. The Morgan fingerprint density at radius 1 is 1.45 bits per heavy atom. The summed E-state index contributed by atoms with van der Waals surface area (Å²) in [6.07, 6.45) is 0.741. The van der Waals surface area contributed by atoms with E-state index in [2.05, 4.69) is 17.3 Å². The summed E-state index contributed by atoms with van der Waals surface area (Å²) in [5.74, 6) is 1.43. The Labute approximate surface area is 125 Å². The highest BCUT2D eigenvalue weighted by molar-refractivity contribution is 6.30. The average Bonchev–Trinajstić information content (AvgIpc) is 2.84. The van der Waals surface area contributed by atoms with Gasteiger partial charge < -0.3 is 20.1 Å². The number of ether oxygens (including phenoxy) is 1. The summed E-state index contributed by atoms with van der Waals surface area (Å²) in [6, 6.07) is 7.16. The Balaban J connectivity index is 1.58. The van der Waals surface area contributed by atoms with Crippen LogP contribution in [0.25, 0.3) is 0 Å². The number of hydrogen-bond donors (Lipinski definition) is 2. The minimum absolute atomic E-state index is 0.291. The number of hydrogen-bond acceptors (Lipinski definition) is 4. The van der Waals surface area contributed by atoms with E-state index in [0.717, 1.165) is 18.8 Å². The quantitative estimate of drug-likeness (QED) is 0.803. The van der Waals surface area contributed by atoms with E-state index < -0.39 is 6.10 Å². The highest BCUT2D eigenvalue weighted by atomic mass is 35.5. The standard InChI is InChI=1S/C15H23ClN2O2/c1-18-7-6-12(10-18)8-17-9-14(19)11-20-15-4-2-13(16)3-5-15/h2-5,12,14,17,19H,6-11H2,1H3. The van der Waals surface area contributed by atoms with Gasteiger partial charge in [-0.15, -0.1) is 0 Å². The smallest absolute Gasteiger partial charge is 0.119 e. The van der Waals surface area contributed by atoms with E-state index in [4.69, 9.17) is 16.3 Å². The van der Waals surface area contributed by atoms with Gasteiger partial charge in [0.25, 0.3) is 0 Å². The average molecular weight is 299 g/mol. The third-order valence-corrected chi connectivity index (χ3v) is 3.81. The molecule has 0 bridgehead atoms. The van der Waals surface area contributed by atoms with Crippen LogP contribution in [-0.4, -0.2) is 55.9 Å². The molecule has 0 amide bonds. The van der Waals surface area contributed by atoms with Gasteiger partial charge in [0.2, 0.25) is 0 Å². The van der Waals surface area contributed by atoms with Crippen LogP contribution in [0.2, 0.25) is 5.02 Å². The third kappa shape index (κ3) is 5.29. The van der Waals surface area contributed by atoms with Crippen molar-refractivity contribution in [1.29, 1.82) is 0 Å². The number of likely N-dealkylation sites (tertiary alicyclic amines) is 1. The van der Waals surface area contributed by atoms with Crippen LogP contribution >= 0.6 is 11.6 Å². The van der Waals surface area contributed by atoms with Gasteiger partial charge >= 0.3 is 0 Å². The van der Waals surface area contributed by atoms with Gasteiger partial charge in [-0.3, -0.25) is 0 Å². The largest absolute Gasteiger partial charge is 0.491 e. The van der Waals surface area contributed by atoms with Crippen molar-refractivity contribution < 1.29 is 9.84 Å². The SMILES string of the molecule is CN1CCC(CNCC(O)COc2ccc(Cl)cc2)C1. The number of benzene rings is 1. The molecule has 0 aliphatic carbocycles. The highest BCUT2D eigenvalue weighted by Gasteiger charge is 2.19. The molecule has 0 aromatic heterocycles. The van der Waals surface area contributed by atoms with E-state index in [1.54, 1.807) is 24.3 Å². The zero-order valence-corrected chi connectivity index (χ0v) is 12.6. The molecule has 2 unspecified atom stereocenters. The van der Waals surface area contributed by atoms with E-state index in [9.17, 15) is 5.11 Å². The molecule has 0 radical (unpaired) electrons. The molecule has 1 saturated heterocycles. The Bertz CT molecular complexity index is 399. The Morgan fingerprint density at radius 3 is 2.85 bits per heavy atom. The minimum Gasteiger partial charge on any atom is -0.491 e. The maximum absolute atomic E-state index is 9.87. The highest BCUT2D eigenvalue weighted by Crippen LogP contribution is 2.15. The van der Waals surface area contributed by atoms with Crippen LogP contribution in [0.5, 0.6) is 5.75 Å². The van der Waals surface area contributed by atoms with Crippen molar-refractivity contribution >= 4 is 11.6 Å². The second-order valence-corrected chi connectivity index (χ2v) is 5.93. The van der Waals surface area contributed by atoms with Crippen LogP contribution in [0.3, 0.4) is 0 Å². The summed E-state index contributed by atoms with van der Waals surface area (Å²) >= 11 is 5.80. The molecule has 1 aliphatic rings. The molecule has 112 valence electrons. The predicted octanol–water partition coefficient (Wildman–Crippen LogP) is 1.62. The number of halogens is 1. The van der Waals surface area contributed by atoms with Crippen LogP contribution in [-0.2, 0) is 0 Å². The summed E-state index contributed by atoms with van der Waals surface area (Å²) in [4.78, 5) is 2.34. The van der Waals surface area contributed by atoms with Crippen LogP contribution in [0.4, 0.5) is 0 Å². The van der Waals surface area contributed by atoms with E-state index >= 15 is 0 Å².